The van der Waals surface area contributed by atoms with E-state index in [0.29, 0.717) is 6.54 Å². The van der Waals surface area contributed by atoms with Crippen molar-refractivity contribution >= 4 is 32.8 Å². The van der Waals surface area contributed by atoms with E-state index in [9.17, 15) is 5.11 Å². The summed E-state index contributed by atoms with van der Waals surface area (Å²) in [4.78, 5) is 7.98. The highest BCUT2D eigenvalue weighted by Crippen LogP contribution is 2.29. The van der Waals surface area contributed by atoms with Gasteiger partial charge >= 0.3 is 0 Å². The molecule has 2 N–H and O–H groups in total. The zero-order valence-electron chi connectivity index (χ0n) is 18.0. The van der Waals surface area contributed by atoms with E-state index in [1.54, 1.807) is 0 Å². The standard InChI is InChI=1S/C28H23N3O2/c32-20(17-31-26-11-5-1-7-22(26)23-8-2-6-12-27(23)31)18-33-21-15-13-19(14-16-21)28-29-24-9-3-4-10-25(24)30-28/h1-16,20,32H,17-18H2,(H,29,30). The molecule has 0 aliphatic carbocycles. The summed E-state index contributed by atoms with van der Waals surface area (Å²) in [5, 5.41) is 13.1. The second-order valence-electron chi connectivity index (χ2n) is 8.24. The lowest BCUT2D eigenvalue weighted by atomic mass is 10.2. The number of hydrogen-bond acceptors (Lipinski definition) is 3. The van der Waals surface area contributed by atoms with Crippen LogP contribution in [0.15, 0.2) is 97.1 Å². The van der Waals surface area contributed by atoms with E-state index in [1.807, 2.05) is 72.8 Å². The lowest BCUT2D eigenvalue weighted by Gasteiger charge is -2.15. The van der Waals surface area contributed by atoms with Crippen LogP contribution in [0.4, 0.5) is 0 Å². The first-order valence-corrected chi connectivity index (χ1v) is 11.1. The van der Waals surface area contributed by atoms with Crippen molar-refractivity contribution in [3.8, 4) is 17.1 Å². The molecular formula is C28H23N3O2. The summed E-state index contributed by atoms with van der Waals surface area (Å²) in [7, 11) is 0. The number of H-pyrrole nitrogens is 1. The molecule has 0 bridgehead atoms. The van der Waals surface area contributed by atoms with E-state index in [1.165, 1.54) is 10.8 Å². The molecule has 1 atom stereocenters. The average Bonchev–Trinajstić information content (AvgIpc) is 3.43. The molecular weight excluding hydrogens is 410 g/mol. The fourth-order valence-electron chi connectivity index (χ4n) is 4.45. The minimum Gasteiger partial charge on any atom is -0.491 e. The number of aliphatic hydroxyl groups excluding tert-OH is 1. The molecule has 5 heteroatoms. The van der Waals surface area contributed by atoms with Gasteiger partial charge in [0.15, 0.2) is 0 Å². The molecule has 5 nitrogen and oxygen atoms in total. The van der Waals surface area contributed by atoms with Crippen LogP contribution in [0.25, 0.3) is 44.2 Å². The van der Waals surface area contributed by atoms with E-state index in [2.05, 4.69) is 38.8 Å². The third-order valence-electron chi connectivity index (χ3n) is 6.03. The summed E-state index contributed by atoms with van der Waals surface area (Å²) in [6.07, 6.45) is -0.640. The Labute approximate surface area is 190 Å². The van der Waals surface area contributed by atoms with Crippen molar-refractivity contribution < 1.29 is 9.84 Å². The van der Waals surface area contributed by atoms with E-state index in [4.69, 9.17) is 4.74 Å². The molecule has 6 aromatic rings. The van der Waals surface area contributed by atoms with Gasteiger partial charge in [-0.15, -0.1) is 0 Å². The summed E-state index contributed by atoms with van der Waals surface area (Å²) < 4.78 is 8.07. The van der Waals surface area contributed by atoms with Gasteiger partial charge in [0.25, 0.3) is 0 Å². The van der Waals surface area contributed by atoms with Crippen molar-refractivity contribution in [3.63, 3.8) is 0 Å². The maximum Gasteiger partial charge on any atom is 0.138 e. The summed E-state index contributed by atoms with van der Waals surface area (Å²) >= 11 is 0. The fourth-order valence-corrected chi connectivity index (χ4v) is 4.45. The number of nitrogens with one attached hydrogen (secondary N) is 1. The minimum atomic E-state index is -0.640. The molecule has 0 amide bonds. The number of aromatic nitrogens is 3. The van der Waals surface area contributed by atoms with Crippen LogP contribution in [0.3, 0.4) is 0 Å². The van der Waals surface area contributed by atoms with Gasteiger partial charge < -0.3 is 19.4 Å². The van der Waals surface area contributed by atoms with Crippen LogP contribution in [0.5, 0.6) is 5.75 Å². The fraction of sp³-hybridized carbons (Fsp3) is 0.107. The number of ether oxygens (including phenoxy) is 1. The van der Waals surface area contributed by atoms with Gasteiger partial charge in [-0.1, -0.05) is 48.5 Å². The summed E-state index contributed by atoms with van der Waals surface area (Å²) in [6.45, 7) is 0.677. The molecule has 0 aliphatic heterocycles. The highest BCUT2D eigenvalue weighted by Gasteiger charge is 2.14. The lowest BCUT2D eigenvalue weighted by molar-refractivity contribution is 0.0945. The minimum absolute atomic E-state index is 0.213. The highest BCUT2D eigenvalue weighted by molar-refractivity contribution is 6.07. The molecule has 2 aromatic heterocycles. The largest absolute Gasteiger partial charge is 0.491 e. The quantitative estimate of drug-likeness (QED) is 0.350. The molecule has 2 heterocycles. The summed E-state index contributed by atoms with van der Waals surface area (Å²) in [5.74, 6) is 1.55. The van der Waals surface area contributed by atoms with Crippen LogP contribution in [-0.2, 0) is 6.54 Å². The second kappa shape index (κ2) is 8.11. The first-order valence-electron chi connectivity index (χ1n) is 11.1. The van der Waals surface area contributed by atoms with Gasteiger partial charge in [0.2, 0.25) is 0 Å². The van der Waals surface area contributed by atoms with E-state index in [-0.39, 0.29) is 6.61 Å². The van der Waals surface area contributed by atoms with Crippen LogP contribution in [-0.4, -0.2) is 32.4 Å². The van der Waals surface area contributed by atoms with Crippen LogP contribution < -0.4 is 4.74 Å². The Kier molecular flexibility index (Phi) is 4.82. The van der Waals surface area contributed by atoms with Crippen LogP contribution in [0.2, 0.25) is 0 Å². The third-order valence-corrected chi connectivity index (χ3v) is 6.03. The average molecular weight is 434 g/mol. The van der Waals surface area contributed by atoms with Gasteiger partial charge in [-0.05, 0) is 48.5 Å². The number of rotatable bonds is 6. The molecule has 0 spiro atoms. The van der Waals surface area contributed by atoms with Gasteiger partial charge in [0.1, 0.15) is 24.3 Å². The molecule has 0 fully saturated rings. The number of aliphatic hydroxyl groups is 1. The number of fused-ring (bicyclic) bond motifs is 4. The van der Waals surface area contributed by atoms with E-state index in [0.717, 1.165) is 39.2 Å². The van der Waals surface area contributed by atoms with E-state index < -0.39 is 6.10 Å². The highest BCUT2D eigenvalue weighted by atomic mass is 16.5. The topological polar surface area (TPSA) is 63.1 Å². The van der Waals surface area contributed by atoms with Gasteiger partial charge in [0.05, 0.1) is 17.6 Å². The van der Waals surface area contributed by atoms with Crippen LogP contribution in [0.1, 0.15) is 0 Å². The second-order valence-corrected chi connectivity index (χ2v) is 8.24. The number of para-hydroxylation sites is 4. The molecule has 162 valence electrons. The monoisotopic (exact) mass is 433 g/mol. The number of imidazole rings is 1. The molecule has 33 heavy (non-hydrogen) atoms. The van der Waals surface area contributed by atoms with Gasteiger partial charge in [0, 0.05) is 27.4 Å². The first-order chi connectivity index (χ1) is 16.3. The Morgan fingerprint density at radius 2 is 1.42 bits per heavy atom. The molecule has 0 radical (unpaired) electrons. The van der Waals surface area contributed by atoms with E-state index >= 15 is 0 Å². The Bertz CT molecular complexity index is 1480. The Hall–Kier alpha value is -4.09. The van der Waals surface area contributed by atoms with Gasteiger partial charge in [-0.25, -0.2) is 4.98 Å². The van der Waals surface area contributed by atoms with Crippen molar-refractivity contribution in [2.75, 3.05) is 6.61 Å². The smallest absolute Gasteiger partial charge is 0.138 e. The van der Waals surface area contributed by atoms with Crippen molar-refractivity contribution in [1.82, 2.24) is 14.5 Å². The number of hydrogen-bond donors (Lipinski definition) is 2. The molecule has 6 rings (SSSR count). The Balaban J connectivity index is 1.17. The molecule has 4 aromatic carbocycles. The van der Waals surface area contributed by atoms with Crippen LogP contribution >= 0.6 is 0 Å². The third kappa shape index (κ3) is 3.62. The zero-order valence-corrected chi connectivity index (χ0v) is 18.0. The van der Waals surface area contributed by atoms with Crippen molar-refractivity contribution in [2.24, 2.45) is 0 Å². The van der Waals surface area contributed by atoms with Gasteiger partial charge in [-0.2, -0.15) is 0 Å². The maximum atomic E-state index is 10.8. The number of nitrogens with zero attached hydrogens (tertiary/aromatic N) is 2. The summed E-state index contributed by atoms with van der Waals surface area (Å²) in [5.41, 5.74) is 5.19. The Morgan fingerprint density at radius 1 is 0.788 bits per heavy atom. The van der Waals surface area contributed by atoms with Gasteiger partial charge in [-0.3, -0.25) is 0 Å². The molecule has 0 saturated heterocycles. The predicted molar refractivity (Wildman–Crippen MR) is 132 cm³/mol. The normalized spacial score (nSPS) is 12.5. The van der Waals surface area contributed by atoms with Crippen molar-refractivity contribution in [1.29, 1.82) is 0 Å². The number of aromatic amines is 1. The lowest BCUT2D eigenvalue weighted by Crippen LogP contribution is -2.23. The summed E-state index contributed by atoms with van der Waals surface area (Å²) in [6, 6.07) is 32.4. The Morgan fingerprint density at radius 3 is 2.12 bits per heavy atom. The maximum absolute atomic E-state index is 10.8. The predicted octanol–water partition coefficient (Wildman–Crippen LogP) is 5.78. The molecule has 0 aliphatic rings. The zero-order chi connectivity index (χ0) is 22.2. The number of benzene rings is 4. The molecule has 0 saturated carbocycles. The molecule has 1 unspecified atom stereocenters. The van der Waals surface area contributed by atoms with Crippen molar-refractivity contribution in [2.45, 2.75) is 12.6 Å². The first kappa shape index (κ1) is 19.6. The van der Waals surface area contributed by atoms with Crippen molar-refractivity contribution in [3.05, 3.63) is 97.1 Å². The van der Waals surface area contributed by atoms with Crippen LogP contribution in [0, 0.1) is 0 Å². The SMILES string of the molecule is OC(COc1ccc(-c2nc3ccccc3[nH]2)cc1)Cn1c2ccccc2c2ccccc21.